The molecule has 0 aromatic carbocycles. The number of morpholine rings is 1. The molecular formula is C17H26N4O3. The number of hydrogen-bond donors (Lipinski definition) is 0. The summed E-state index contributed by atoms with van der Waals surface area (Å²) in [6.45, 7) is 6.47. The van der Waals surface area contributed by atoms with Crippen LogP contribution in [0.3, 0.4) is 0 Å². The lowest BCUT2D eigenvalue weighted by Gasteiger charge is -2.30. The smallest absolute Gasteiger partial charge is 0.252 e. The van der Waals surface area contributed by atoms with E-state index in [9.17, 15) is 4.79 Å². The van der Waals surface area contributed by atoms with E-state index in [4.69, 9.17) is 14.6 Å². The number of aromatic nitrogens is 2. The minimum atomic E-state index is -0.231. The summed E-state index contributed by atoms with van der Waals surface area (Å²) >= 11 is 0. The Morgan fingerprint density at radius 1 is 1.25 bits per heavy atom. The first kappa shape index (κ1) is 16.1. The van der Waals surface area contributed by atoms with Gasteiger partial charge in [0, 0.05) is 64.1 Å². The molecule has 0 aliphatic carbocycles. The van der Waals surface area contributed by atoms with Crippen molar-refractivity contribution >= 4 is 5.91 Å². The fourth-order valence-corrected chi connectivity index (χ4v) is 3.93. The Morgan fingerprint density at radius 3 is 2.83 bits per heavy atom. The topological polar surface area (TPSA) is 59.8 Å². The molecule has 1 aromatic rings. The normalized spacial score (nSPS) is 25.0. The SMILES string of the molecule is Cn1nc(CN2CCOCC2)c2c1CCN(C(=O)C1CCCO1)C2. The fourth-order valence-electron chi connectivity index (χ4n) is 3.93. The summed E-state index contributed by atoms with van der Waals surface area (Å²) in [6.07, 6.45) is 2.49. The summed E-state index contributed by atoms with van der Waals surface area (Å²) in [5.74, 6) is 0.152. The summed E-state index contributed by atoms with van der Waals surface area (Å²) in [4.78, 5) is 17.0. The molecular weight excluding hydrogens is 308 g/mol. The maximum Gasteiger partial charge on any atom is 0.252 e. The van der Waals surface area contributed by atoms with Crippen molar-refractivity contribution in [2.45, 2.75) is 38.5 Å². The van der Waals surface area contributed by atoms with Crippen molar-refractivity contribution in [3.8, 4) is 0 Å². The molecule has 4 heterocycles. The molecule has 132 valence electrons. The average Bonchev–Trinajstić information content (AvgIpc) is 3.24. The highest BCUT2D eigenvalue weighted by Crippen LogP contribution is 2.25. The van der Waals surface area contributed by atoms with Crippen molar-refractivity contribution in [1.82, 2.24) is 19.6 Å². The van der Waals surface area contributed by atoms with E-state index in [1.807, 2.05) is 16.6 Å². The molecule has 1 aromatic heterocycles. The van der Waals surface area contributed by atoms with Crippen molar-refractivity contribution in [3.63, 3.8) is 0 Å². The lowest BCUT2D eigenvalue weighted by molar-refractivity contribution is -0.141. The van der Waals surface area contributed by atoms with Crippen LogP contribution in [0.15, 0.2) is 0 Å². The third kappa shape index (κ3) is 3.08. The maximum absolute atomic E-state index is 12.7. The molecule has 1 atom stereocenters. The fraction of sp³-hybridized carbons (Fsp3) is 0.765. The van der Waals surface area contributed by atoms with Crippen LogP contribution in [0.1, 0.15) is 29.8 Å². The number of carbonyl (C=O) groups is 1. The zero-order chi connectivity index (χ0) is 16.5. The highest BCUT2D eigenvalue weighted by atomic mass is 16.5. The van der Waals surface area contributed by atoms with E-state index >= 15 is 0 Å². The van der Waals surface area contributed by atoms with E-state index in [0.29, 0.717) is 13.2 Å². The molecule has 24 heavy (non-hydrogen) atoms. The number of aryl methyl sites for hydroxylation is 1. The molecule has 0 spiro atoms. The molecule has 1 unspecified atom stereocenters. The number of ether oxygens (including phenoxy) is 2. The minimum Gasteiger partial charge on any atom is -0.379 e. The molecule has 2 saturated heterocycles. The molecule has 0 bridgehead atoms. The summed E-state index contributed by atoms with van der Waals surface area (Å²) in [5, 5.41) is 4.74. The van der Waals surface area contributed by atoms with E-state index in [-0.39, 0.29) is 12.0 Å². The number of nitrogens with zero attached hydrogens (tertiary/aromatic N) is 4. The second-order valence-electron chi connectivity index (χ2n) is 6.90. The van der Waals surface area contributed by atoms with Gasteiger partial charge in [0.1, 0.15) is 6.10 Å². The van der Waals surface area contributed by atoms with Gasteiger partial charge in [-0.2, -0.15) is 5.10 Å². The van der Waals surface area contributed by atoms with Crippen LogP contribution in [-0.4, -0.2) is 71.0 Å². The largest absolute Gasteiger partial charge is 0.379 e. The van der Waals surface area contributed by atoms with E-state index in [1.54, 1.807) is 0 Å². The second-order valence-corrected chi connectivity index (χ2v) is 6.90. The predicted octanol–water partition coefficient (Wildman–Crippen LogP) is 0.316. The minimum absolute atomic E-state index is 0.152. The van der Waals surface area contributed by atoms with Crippen molar-refractivity contribution in [2.75, 3.05) is 39.5 Å². The van der Waals surface area contributed by atoms with Gasteiger partial charge in [0.25, 0.3) is 5.91 Å². The molecule has 2 fully saturated rings. The summed E-state index contributed by atoms with van der Waals surface area (Å²) in [5.41, 5.74) is 3.62. The van der Waals surface area contributed by atoms with Gasteiger partial charge in [-0.05, 0) is 12.8 Å². The first-order valence-electron chi connectivity index (χ1n) is 8.96. The van der Waals surface area contributed by atoms with Crippen LogP contribution in [0.25, 0.3) is 0 Å². The van der Waals surface area contributed by atoms with Gasteiger partial charge in [-0.25, -0.2) is 0 Å². The Morgan fingerprint density at radius 2 is 2.08 bits per heavy atom. The van der Waals surface area contributed by atoms with Gasteiger partial charge in [-0.15, -0.1) is 0 Å². The number of fused-ring (bicyclic) bond motifs is 1. The highest BCUT2D eigenvalue weighted by molar-refractivity contribution is 5.81. The molecule has 3 aliphatic heterocycles. The Bertz CT molecular complexity index is 603. The van der Waals surface area contributed by atoms with Crippen LogP contribution in [0, 0.1) is 0 Å². The summed E-state index contributed by atoms with van der Waals surface area (Å²) in [7, 11) is 2.01. The lowest BCUT2D eigenvalue weighted by Crippen LogP contribution is -2.42. The van der Waals surface area contributed by atoms with Crippen LogP contribution in [0.2, 0.25) is 0 Å². The standard InChI is InChI=1S/C17H26N4O3/c1-19-15-4-5-21(17(22)16-3-2-8-24-16)11-13(15)14(18-19)12-20-6-9-23-10-7-20/h16H,2-12H2,1H3. The van der Waals surface area contributed by atoms with Gasteiger partial charge in [-0.1, -0.05) is 0 Å². The summed E-state index contributed by atoms with van der Waals surface area (Å²) < 4.78 is 13.0. The number of rotatable bonds is 3. The number of carbonyl (C=O) groups excluding carboxylic acids is 1. The third-order valence-electron chi connectivity index (χ3n) is 5.32. The Balaban J connectivity index is 1.49. The molecule has 0 saturated carbocycles. The van der Waals surface area contributed by atoms with Gasteiger partial charge in [0.05, 0.1) is 18.9 Å². The molecule has 7 heteroatoms. The van der Waals surface area contributed by atoms with Gasteiger partial charge in [0.2, 0.25) is 0 Å². The molecule has 4 rings (SSSR count). The molecule has 0 radical (unpaired) electrons. The average molecular weight is 334 g/mol. The second kappa shape index (κ2) is 6.82. The van der Waals surface area contributed by atoms with Crippen molar-refractivity contribution in [2.24, 2.45) is 7.05 Å². The van der Waals surface area contributed by atoms with Crippen molar-refractivity contribution < 1.29 is 14.3 Å². The van der Waals surface area contributed by atoms with Gasteiger partial charge in [0.15, 0.2) is 0 Å². The first-order chi connectivity index (χ1) is 11.7. The van der Waals surface area contributed by atoms with Crippen molar-refractivity contribution in [3.05, 3.63) is 17.0 Å². The van der Waals surface area contributed by atoms with Crippen LogP contribution < -0.4 is 0 Å². The molecule has 3 aliphatic rings. The molecule has 0 N–H and O–H groups in total. The molecule has 1 amide bonds. The zero-order valence-electron chi connectivity index (χ0n) is 14.4. The Labute approximate surface area is 142 Å². The van der Waals surface area contributed by atoms with Crippen molar-refractivity contribution in [1.29, 1.82) is 0 Å². The quantitative estimate of drug-likeness (QED) is 0.797. The monoisotopic (exact) mass is 334 g/mol. The predicted molar refractivity (Wildman–Crippen MR) is 87.4 cm³/mol. The number of amides is 1. The van der Waals surface area contributed by atoms with E-state index in [1.165, 1.54) is 11.3 Å². The first-order valence-corrected chi connectivity index (χ1v) is 8.96. The maximum atomic E-state index is 12.7. The van der Waals surface area contributed by atoms with Crippen LogP contribution >= 0.6 is 0 Å². The van der Waals surface area contributed by atoms with E-state index in [0.717, 1.165) is 64.3 Å². The van der Waals surface area contributed by atoms with Gasteiger partial charge >= 0.3 is 0 Å². The zero-order valence-corrected chi connectivity index (χ0v) is 14.4. The third-order valence-corrected chi connectivity index (χ3v) is 5.32. The van der Waals surface area contributed by atoms with Gasteiger partial charge in [-0.3, -0.25) is 14.4 Å². The number of hydrogen-bond acceptors (Lipinski definition) is 5. The Kier molecular flexibility index (Phi) is 4.56. The Hall–Kier alpha value is -1.44. The van der Waals surface area contributed by atoms with E-state index in [2.05, 4.69) is 4.90 Å². The molecule has 7 nitrogen and oxygen atoms in total. The lowest BCUT2D eigenvalue weighted by atomic mass is 10.0. The highest BCUT2D eigenvalue weighted by Gasteiger charge is 2.32. The van der Waals surface area contributed by atoms with Gasteiger partial charge < -0.3 is 14.4 Å². The van der Waals surface area contributed by atoms with Crippen LogP contribution in [0.5, 0.6) is 0 Å². The van der Waals surface area contributed by atoms with Crippen LogP contribution in [-0.2, 0) is 40.8 Å². The van der Waals surface area contributed by atoms with Crippen LogP contribution in [0.4, 0.5) is 0 Å². The van der Waals surface area contributed by atoms with E-state index < -0.39 is 0 Å². The summed E-state index contributed by atoms with van der Waals surface area (Å²) in [6, 6.07) is 0.